The van der Waals surface area contributed by atoms with Crippen molar-refractivity contribution in [1.29, 1.82) is 5.26 Å². The molecule has 2 aliphatic heterocycles. The molecule has 0 saturated carbocycles. The molecule has 0 aliphatic carbocycles. The summed E-state index contributed by atoms with van der Waals surface area (Å²) in [7, 11) is 3.44. The first-order chi connectivity index (χ1) is 15.4. The number of hydrogen-bond acceptors (Lipinski definition) is 6. The Kier molecular flexibility index (Phi) is 4.59. The van der Waals surface area contributed by atoms with Gasteiger partial charge in [0, 0.05) is 43.5 Å². The second-order valence-corrected chi connectivity index (χ2v) is 8.28. The molecule has 5 rings (SSSR count). The van der Waals surface area contributed by atoms with Gasteiger partial charge in [-0.15, -0.1) is 0 Å². The number of aryl methyl sites for hydroxylation is 1. The summed E-state index contributed by atoms with van der Waals surface area (Å²) in [6.45, 7) is 0.926. The first-order valence-corrected chi connectivity index (χ1v) is 10.4. The lowest BCUT2D eigenvalue weighted by Crippen LogP contribution is -2.31. The fourth-order valence-electron chi connectivity index (χ4n) is 4.84. The Bertz CT molecular complexity index is 1290. The van der Waals surface area contributed by atoms with E-state index in [4.69, 9.17) is 5.73 Å². The smallest absolute Gasteiger partial charge is 0.254 e. The van der Waals surface area contributed by atoms with Crippen molar-refractivity contribution in [3.05, 3.63) is 58.8 Å². The summed E-state index contributed by atoms with van der Waals surface area (Å²) >= 11 is 0. The SMILES string of the molecule is CN1Cc2c(c(C#N)nn2C)-c2cnc(N)c(c2)N2CCC[C@@H]2c2cc(F)ccc2C1=O. The van der Waals surface area contributed by atoms with Gasteiger partial charge in [0.1, 0.15) is 17.7 Å². The van der Waals surface area contributed by atoms with Crippen LogP contribution in [0.2, 0.25) is 0 Å². The van der Waals surface area contributed by atoms with E-state index in [9.17, 15) is 14.4 Å². The highest BCUT2D eigenvalue weighted by Gasteiger charge is 2.33. The molecule has 2 bridgehead atoms. The van der Waals surface area contributed by atoms with Crippen molar-refractivity contribution < 1.29 is 9.18 Å². The molecule has 32 heavy (non-hydrogen) atoms. The molecule has 1 saturated heterocycles. The molecule has 2 aromatic heterocycles. The summed E-state index contributed by atoms with van der Waals surface area (Å²) in [6.07, 6.45) is 3.26. The van der Waals surface area contributed by atoms with E-state index in [-0.39, 0.29) is 30.0 Å². The first kappa shape index (κ1) is 20.0. The maximum Gasteiger partial charge on any atom is 0.254 e. The lowest BCUT2D eigenvalue weighted by molar-refractivity contribution is 0.0780. The van der Waals surface area contributed by atoms with Gasteiger partial charge in [0.25, 0.3) is 5.91 Å². The number of benzene rings is 1. The maximum atomic E-state index is 14.3. The molecule has 1 amide bonds. The van der Waals surface area contributed by atoms with Crippen LogP contribution in [-0.4, -0.2) is 39.2 Å². The zero-order valence-corrected chi connectivity index (χ0v) is 17.8. The number of nitrogens with two attached hydrogens (primary N) is 1. The van der Waals surface area contributed by atoms with Crippen LogP contribution in [0.4, 0.5) is 15.9 Å². The molecule has 2 N–H and O–H groups in total. The zero-order chi connectivity index (χ0) is 22.6. The van der Waals surface area contributed by atoms with Crippen LogP contribution in [0.25, 0.3) is 11.1 Å². The number of nitrogen functional groups attached to an aromatic ring is 1. The van der Waals surface area contributed by atoms with E-state index >= 15 is 0 Å². The molecule has 162 valence electrons. The van der Waals surface area contributed by atoms with Crippen LogP contribution in [-0.2, 0) is 13.6 Å². The minimum absolute atomic E-state index is 0.208. The predicted octanol–water partition coefficient (Wildman–Crippen LogP) is 3.00. The lowest BCUT2D eigenvalue weighted by atomic mass is 9.96. The quantitative estimate of drug-likeness (QED) is 0.587. The molecule has 1 fully saturated rings. The highest BCUT2D eigenvalue weighted by Crippen LogP contribution is 2.42. The van der Waals surface area contributed by atoms with Gasteiger partial charge in [-0.3, -0.25) is 9.48 Å². The van der Waals surface area contributed by atoms with Crippen LogP contribution < -0.4 is 10.6 Å². The zero-order valence-electron chi connectivity index (χ0n) is 17.8. The van der Waals surface area contributed by atoms with Crippen LogP contribution in [0.3, 0.4) is 0 Å². The molecule has 3 aromatic rings. The number of hydrogen-bond donors (Lipinski definition) is 1. The van der Waals surface area contributed by atoms with Crippen molar-refractivity contribution in [1.82, 2.24) is 19.7 Å². The van der Waals surface area contributed by atoms with Gasteiger partial charge in [0.15, 0.2) is 5.69 Å². The number of carbonyl (C=O) groups is 1. The van der Waals surface area contributed by atoms with E-state index in [1.165, 1.54) is 12.1 Å². The number of pyridine rings is 1. The summed E-state index contributed by atoms with van der Waals surface area (Å²) in [5.41, 5.74) is 10.4. The van der Waals surface area contributed by atoms with E-state index in [1.807, 2.05) is 6.07 Å². The minimum atomic E-state index is -0.384. The van der Waals surface area contributed by atoms with E-state index < -0.39 is 0 Å². The molecule has 0 spiro atoms. The number of rotatable bonds is 0. The second-order valence-electron chi connectivity index (χ2n) is 8.28. The molecule has 1 aromatic carbocycles. The van der Waals surface area contributed by atoms with Crippen LogP contribution in [0.15, 0.2) is 30.5 Å². The van der Waals surface area contributed by atoms with Gasteiger partial charge in [0.05, 0.1) is 24.0 Å². The number of anilines is 2. The molecule has 8 nitrogen and oxygen atoms in total. The molecule has 0 radical (unpaired) electrons. The second kappa shape index (κ2) is 7.34. The highest BCUT2D eigenvalue weighted by molar-refractivity contribution is 5.96. The van der Waals surface area contributed by atoms with Gasteiger partial charge in [0.2, 0.25) is 0 Å². The van der Waals surface area contributed by atoms with Crippen LogP contribution in [0, 0.1) is 17.1 Å². The monoisotopic (exact) mass is 431 g/mol. The average molecular weight is 431 g/mol. The molecule has 1 atom stereocenters. The molecule has 4 heterocycles. The molecule has 9 heteroatoms. The Balaban J connectivity index is 1.81. The van der Waals surface area contributed by atoms with Gasteiger partial charge in [-0.1, -0.05) is 0 Å². The third kappa shape index (κ3) is 2.99. The van der Waals surface area contributed by atoms with Crippen molar-refractivity contribution >= 4 is 17.4 Å². The largest absolute Gasteiger partial charge is 0.382 e. The molecular weight excluding hydrogens is 409 g/mol. The summed E-state index contributed by atoms with van der Waals surface area (Å²) in [4.78, 5) is 21.5. The van der Waals surface area contributed by atoms with E-state index in [0.29, 0.717) is 46.0 Å². The van der Waals surface area contributed by atoms with Crippen molar-refractivity contribution in [3.63, 3.8) is 0 Å². The average Bonchev–Trinajstić information content (AvgIpc) is 3.38. The Morgan fingerprint density at radius 3 is 2.88 bits per heavy atom. The van der Waals surface area contributed by atoms with Gasteiger partial charge in [-0.25, -0.2) is 9.37 Å². The highest BCUT2D eigenvalue weighted by atomic mass is 19.1. The third-order valence-corrected chi connectivity index (χ3v) is 6.36. The summed E-state index contributed by atoms with van der Waals surface area (Å²) in [5, 5.41) is 14.1. The Hall–Kier alpha value is -3.93. The fourth-order valence-corrected chi connectivity index (χ4v) is 4.84. The van der Waals surface area contributed by atoms with Gasteiger partial charge < -0.3 is 15.5 Å². The van der Waals surface area contributed by atoms with E-state index in [2.05, 4.69) is 21.1 Å². The van der Waals surface area contributed by atoms with Crippen LogP contribution in [0.1, 0.15) is 46.2 Å². The number of nitriles is 1. The standard InChI is InChI=1S/C23H22FN7O/c1-29-12-20-21(17(10-25)28-30(20)2)13-8-19(22(26)27-11-13)31-7-3-4-18(31)16-9-14(24)5-6-15(16)23(29)32/h5-6,8-9,11,18H,3-4,7,12H2,1-2H3,(H2,26,27)/t18-/m1/s1. The molecule has 0 unspecified atom stereocenters. The number of aromatic nitrogens is 3. The van der Waals surface area contributed by atoms with Crippen LogP contribution in [0.5, 0.6) is 0 Å². The minimum Gasteiger partial charge on any atom is -0.382 e. The van der Waals surface area contributed by atoms with E-state index in [1.54, 1.807) is 35.9 Å². The number of halogens is 1. The summed E-state index contributed by atoms with van der Waals surface area (Å²) in [5.74, 6) is -0.249. The summed E-state index contributed by atoms with van der Waals surface area (Å²) < 4.78 is 15.9. The number of fused-ring (bicyclic) bond motifs is 8. The molecular formula is C23H22FN7O. The Morgan fingerprint density at radius 1 is 1.28 bits per heavy atom. The lowest BCUT2D eigenvalue weighted by Gasteiger charge is -2.31. The summed E-state index contributed by atoms with van der Waals surface area (Å²) in [6, 6.07) is 8.19. The number of carbonyl (C=O) groups excluding carboxylic acids is 1. The fraction of sp³-hybridized carbons (Fsp3) is 0.304. The molecule has 2 aliphatic rings. The first-order valence-electron chi connectivity index (χ1n) is 10.4. The van der Waals surface area contributed by atoms with Crippen molar-refractivity contribution in [3.8, 4) is 17.2 Å². The van der Waals surface area contributed by atoms with Crippen molar-refractivity contribution in [2.75, 3.05) is 24.2 Å². The van der Waals surface area contributed by atoms with Gasteiger partial charge >= 0.3 is 0 Å². The number of amides is 1. The predicted molar refractivity (Wildman–Crippen MR) is 117 cm³/mol. The van der Waals surface area contributed by atoms with Crippen LogP contribution >= 0.6 is 0 Å². The number of nitrogens with zero attached hydrogens (tertiary/aromatic N) is 6. The van der Waals surface area contributed by atoms with Gasteiger partial charge in [-0.05, 0) is 42.7 Å². The Labute approximate surface area is 184 Å². The van der Waals surface area contributed by atoms with Crippen molar-refractivity contribution in [2.45, 2.75) is 25.4 Å². The third-order valence-electron chi connectivity index (χ3n) is 6.36. The Morgan fingerprint density at radius 2 is 2.09 bits per heavy atom. The van der Waals surface area contributed by atoms with Crippen molar-refractivity contribution in [2.24, 2.45) is 7.05 Å². The van der Waals surface area contributed by atoms with Gasteiger partial charge in [-0.2, -0.15) is 10.4 Å². The van der Waals surface area contributed by atoms with E-state index in [0.717, 1.165) is 12.8 Å². The normalized spacial score (nSPS) is 17.7. The maximum absolute atomic E-state index is 14.3. The topological polar surface area (TPSA) is 104 Å².